The van der Waals surface area contributed by atoms with E-state index in [2.05, 4.69) is 35.2 Å². The van der Waals surface area contributed by atoms with Crippen molar-refractivity contribution in [3.05, 3.63) is 23.9 Å². The van der Waals surface area contributed by atoms with Gasteiger partial charge in [0.25, 0.3) is 0 Å². The van der Waals surface area contributed by atoms with Crippen LogP contribution >= 0.6 is 0 Å². The average Bonchev–Trinajstić information content (AvgIpc) is 2.35. The zero-order chi connectivity index (χ0) is 12.3. The van der Waals surface area contributed by atoms with Crippen molar-refractivity contribution in [2.45, 2.75) is 39.3 Å². The van der Waals surface area contributed by atoms with Gasteiger partial charge in [-0.2, -0.15) is 0 Å². The number of nitrogen functional groups attached to an aromatic ring is 1. The second kappa shape index (κ2) is 5.47. The Hall–Kier alpha value is -1.13. The first-order chi connectivity index (χ1) is 8.20. The minimum absolute atomic E-state index is 0.659. The van der Waals surface area contributed by atoms with Crippen LogP contribution in [0, 0.1) is 5.92 Å². The molecule has 1 aromatic rings. The lowest BCUT2D eigenvalue weighted by atomic mass is 9.92. The lowest BCUT2D eigenvalue weighted by Crippen LogP contribution is -2.41. The van der Waals surface area contributed by atoms with Gasteiger partial charge in [-0.05, 0) is 49.9 Å². The molecule has 1 fully saturated rings. The van der Waals surface area contributed by atoms with Crippen LogP contribution in [0.3, 0.4) is 0 Å². The number of rotatable bonds is 3. The largest absolute Gasteiger partial charge is 0.308 e. The van der Waals surface area contributed by atoms with Gasteiger partial charge in [-0.3, -0.25) is 4.90 Å². The maximum Gasteiger partial charge on any atom is 0.140 e. The maximum atomic E-state index is 5.38. The van der Waals surface area contributed by atoms with Crippen molar-refractivity contribution < 1.29 is 0 Å². The molecule has 94 valence electrons. The van der Waals surface area contributed by atoms with E-state index in [0.29, 0.717) is 6.04 Å². The van der Waals surface area contributed by atoms with E-state index in [1.807, 2.05) is 12.3 Å². The van der Waals surface area contributed by atoms with E-state index in [1.54, 1.807) is 0 Å². The first-order valence-electron chi connectivity index (χ1n) is 6.36. The molecule has 1 aliphatic rings. The number of pyridine rings is 1. The molecule has 1 aromatic heterocycles. The Morgan fingerprint density at radius 2 is 2.35 bits per heavy atom. The predicted octanol–water partition coefficient (Wildman–Crippen LogP) is 1.99. The second-order valence-corrected chi connectivity index (χ2v) is 5.02. The van der Waals surface area contributed by atoms with E-state index < -0.39 is 0 Å². The fraction of sp³-hybridized carbons (Fsp3) is 0.615. The highest BCUT2D eigenvalue weighted by atomic mass is 15.2. The molecule has 3 N–H and O–H groups in total. The van der Waals surface area contributed by atoms with Gasteiger partial charge in [0.05, 0.1) is 0 Å². The molecule has 0 radical (unpaired) electrons. The molecule has 4 heteroatoms. The standard InChI is InChI=1S/C13H22N4/c1-10-4-3-7-17(11(10)2)9-12-5-6-15-13(8-12)16-14/h5-6,8,10-11H,3-4,7,9,14H2,1-2H3,(H,15,16). The summed E-state index contributed by atoms with van der Waals surface area (Å²) in [4.78, 5) is 6.68. The Bertz CT molecular complexity index is 366. The normalized spacial score (nSPS) is 25.8. The fourth-order valence-electron chi connectivity index (χ4n) is 2.53. The van der Waals surface area contributed by atoms with Crippen LogP contribution in [0.15, 0.2) is 18.3 Å². The van der Waals surface area contributed by atoms with Gasteiger partial charge in [0, 0.05) is 18.8 Å². The number of hydrogen-bond acceptors (Lipinski definition) is 4. The average molecular weight is 234 g/mol. The van der Waals surface area contributed by atoms with Gasteiger partial charge in [-0.25, -0.2) is 10.8 Å². The molecule has 1 saturated heterocycles. The van der Waals surface area contributed by atoms with E-state index in [0.717, 1.165) is 18.3 Å². The Labute approximate surface area is 103 Å². The zero-order valence-electron chi connectivity index (χ0n) is 10.7. The van der Waals surface area contributed by atoms with E-state index in [-0.39, 0.29) is 0 Å². The summed E-state index contributed by atoms with van der Waals surface area (Å²) in [5.74, 6) is 6.90. The molecule has 2 rings (SSSR count). The van der Waals surface area contributed by atoms with Crippen LogP contribution in [0.1, 0.15) is 32.3 Å². The number of nitrogens with one attached hydrogen (secondary N) is 1. The van der Waals surface area contributed by atoms with Crippen LogP contribution in [0.5, 0.6) is 0 Å². The number of piperidine rings is 1. The number of anilines is 1. The van der Waals surface area contributed by atoms with Gasteiger partial charge in [0.2, 0.25) is 0 Å². The third-order valence-electron chi connectivity index (χ3n) is 3.86. The molecule has 4 nitrogen and oxygen atoms in total. The predicted molar refractivity (Wildman–Crippen MR) is 70.3 cm³/mol. The topological polar surface area (TPSA) is 54.2 Å². The van der Waals surface area contributed by atoms with Crippen molar-refractivity contribution in [3.63, 3.8) is 0 Å². The third-order valence-corrected chi connectivity index (χ3v) is 3.86. The van der Waals surface area contributed by atoms with Gasteiger partial charge in [0.15, 0.2) is 0 Å². The molecule has 0 saturated carbocycles. The first kappa shape index (κ1) is 12.3. The number of aromatic nitrogens is 1. The number of nitrogens with zero attached hydrogens (tertiary/aromatic N) is 2. The van der Waals surface area contributed by atoms with Crippen molar-refractivity contribution in [3.8, 4) is 0 Å². The molecule has 0 aromatic carbocycles. The summed E-state index contributed by atoms with van der Waals surface area (Å²) in [7, 11) is 0. The van der Waals surface area contributed by atoms with E-state index in [9.17, 15) is 0 Å². The molecule has 0 amide bonds. The summed E-state index contributed by atoms with van der Waals surface area (Å²) in [5, 5.41) is 0. The molecule has 0 aliphatic carbocycles. The quantitative estimate of drug-likeness (QED) is 0.620. The van der Waals surface area contributed by atoms with E-state index in [4.69, 9.17) is 5.84 Å². The minimum atomic E-state index is 0.659. The highest BCUT2D eigenvalue weighted by molar-refractivity contribution is 5.35. The molecule has 0 spiro atoms. The SMILES string of the molecule is CC1CCCN(Cc2ccnc(NN)c2)C1C. The van der Waals surface area contributed by atoms with Crippen LogP contribution in [0.4, 0.5) is 5.82 Å². The summed E-state index contributed by atoms with van der Waals surface area (Å²) in [6.45, 7) is 6.85. The van der Waals surface area contributed by atoms with Gasteiger partial charge >= 0.3 is 0 Å². The monoisotopic (exact) mass is 234 g/mol. The highest BCUT2D eigenvalue weighted by Crippen LogP contribution is 2.24. The Kier molecular flexibility index (Phi) is 3.97. The minimum Gasteiger partial charge on any atom is -0.308 e. The Morgan fingerprint density at radius 3 is 3.12 bits per heavy atom. The van der Waals surface area contributed by atoms with Crippen LogP contribution in [0.2, 0.25) is 0 Å². The van der Waals surface area contributed by atoms with E-state index >= 15 is 0 Å². The summed E-state index contributed by atoms with van der Waals surface area (Å²) in [6.07, 6.45) is 4.46. The Balaban J connectivity index is 2.04. The Morgan fingerprint density at radius 1 is 1.53 bits per heavy atom. The summed E-state index contributed by atoms with van der Waals surface area (Å²) in [6, 6.07) is 4.74. The van der Waals surface area contributed by atoms with Crippen molar-refractivity contribution >= 4 is 5.82 Å². The van der Waals surface area contributed by atoms with E-state index in [1.165, 1.54) is 24.9 Å². The molecule has 2 heterocycles. The van der Waals surface area contributed by atoms with Gasteiger partial charge < -0.3 is 5.43 Å². The molecular weight excluding hydrogens is 212 g/mol. The van der Waals surface area contributed by atoms with Crippen molar-refractivity contribution in [1.82, 2.24) is 9.88 Å². The molecule has 1 aliphatic heterocycles. The zero-order valence-corrected chi connectivity index (χ0v) is 10.7. The molecule has 2 atom stereocenters. The molecule has 17 heavy (non-hydrogen) atoms. The molecular formula is C13H22N4. The second-order valence-electron chi connectivity index (χ2n) is 5.02. The van der Waals surface area contributed by atoms with Crippen LogP contribution < -0.4 is 11.3 Å². The third kappa shape index (κ3) is 2.96. The van der Waals surface area contributed by atoms with Gasteiger partial charge in [-0.1, -0.05) is 6.92 Å². The van der Waals surface area contributed by atoms with Crippen molar-refractivity contribution in [2.75, 3.05) is 12.0 Å². The number of hydrogen-bond donors (Lipinski definition) is 2. The molecule has 0 bridgehead atoms. The maximum absolute atomic E-state index is 5.38. The highest BCUT2D eigenvalue weighted by Gasteiger charge is 2.24. The lowest BCUT2D eigenvalue weighted by Gasteiger charge is -2.37. The number of nitrogens with two attached hydrogens (primary N) is 1. The van der Waals surface area contributed by atoms with Crippen molar-refractivity contribution in [2.24, 2.45) is 11.8 Å². The molecule has 2 unspecified atom stereocenters. The van der Waals surface area contributed by atoms with Crippen molar-refractivity contribution in [1.29, 1.82) is 0 Å². The van der Waals surface area contributed by atoms with Crippen LogP contribution in [-0.2, 0) is 6.54 Å². The van der Waals surface area contributed by atoms with Gasteiger partial charge in [0.1, 0.15) is 5.82 Å². The number of likely N-dealkylation sites (tertiary alicyclic amines) is 1. The lowest BCUT2D eigenvalue weighted by molar-refractivity contribution is 0.106. The fourth-order valence-corrected chi connectivity index (χ4v) is 2.53. The summed E-state index contributed by atoms with van der Waals surface area (Å²) in [5.41, 5.74) is 3.87. The number of hydrazine groups is 1. The smallest absolute Gasteiger partial charge is 0.140 e. The first-order valence-corrected chi connectivity index (χ1v) is 6.36. The van der Waals surface area contributed by atoms with Gasteiger partial charge in [-0.15, -0.1) is 0 Å². The summed E-state index contributed by atoms with van der Waals surface area (Å²) >= 11 is 0. The summed E-state index contributed by atoms with van der Waals surface area (Å²) < 4.78 is 0. The van der Waals surface area contributed by atoms with Crippen LogP contribution in [-0.4, -0.2) is 22.5 Å². The van der Waals surface area contributed by atoms with Crippen LogP contribution in [0.25, 0.3) is 0 Å².